The number of hydrogen-bond donors (Lipinski definition) is 1. The van der Waals surface area contributed by atoms with Gasteiger partial charge in [0.1, 0.15) is 0 Å². The Morgan fingerprint density at radius 1 is 1.19 bits per heavy atom. The maximum atomic E-state index is 6.52. The van der Waals surface area contributed by atoms with E-state index in [2.05, 4.69) is 15.4 Å². The number of nitrogens with zero attached hydrogens (tertiary/aromatic N) is 4. The zero-order valence-electron chi connectivity index (χ0n) is 9.34. The van der Waals surface area contributed by atoms with Crippen LogP contribution in [0.15, 0.2) is 6.33 Å². The van der Waals surface area contributed by atoms with Crippen LogP contribution < -0.4 is 5.73 Å². The summed E-state index contributed by atoms with van der Waals surface area (Å²) in [5.41, 5.74) is 6.67. The predicted molar refractivity (Wildman–Crippen MR) is 57.4 cm³/mol. The average molecular weight is 219 g/mol. The van der Waals surface area contributed by atoms with Gasteiger partial charge in [-0.2, -0.15) is 4.80 Å². The van der Waals surface area contributed by atoms with Gasteiger partial charge in [0.15, 0.2) is 6.33 Å². The van der Waals surface area contributed by atoms with Gasteiger partial charge in [-0.15, -0.1) is 10.2 Å². The molecule has 1 aromatic heterocycles. The van der Waals surface area contributed by atoms with E-state index in [0.717, 1.165) is 18.3 Å². The standard InChI is InChI=1S/C11H17N5/c12-10-2-8-1-9(3-10)5-11(4-8,6-10)16-14-7-13-15-16/h7-9H,1-6,12H2/t8-,9-,10?,11?/m0/s1. The second-order valence-electron chi connectivity index (χ2n) is 6.27. The van der Waals surface area contributed by atoms with Crippen molar-refractivity contribution < 1.29 is 0 Å². The van der Waals surface area contributed by atoms with E-state index in [1.54, 1.807) is 6.33 Å². The van der Waals surface area contributed by atoms with Gasteiger partial charge in [-0.1, -0.05) is 0 Å². The van der Waals surface area contributed by atoms with E-state index in [1.807, 2.05) is 4.80 Å². The number of nitrogens with two attached hydrogens (primary N) is 1. The molecule has 1 aromatic rings. The van der Waals surface area contributed by atoms with Crippen molar-refractivity contribution in [1.82, 2.24) is 20.2 Å². The second kappa shape index (κ2) is 2.64. The quantitative estimate of drug-likeness (QED) is 0.754. The number of hydrogen-bond acceptors (Lipinski definition) is 4. The van der Waals surface area contributed by atoms with E-state index in [1.165, 1.54) is 32.1 Å². The second-order valence-corrected chi connectivity index (χ2v) is 6.27. The lowest BCUT2D eigenvalue weighted by atomic mass is 9.50. The zero-order valence-corrected chi connectivity index (χ0v) is 9.34. The van der Waals surface area contributed by atoms with E-state index >= 15 is 0 Å². The average Bonchev–Trinajstić information content (AvgIpc) is 2.65. The lowest BCUT2D eigenvalue weighted by Crippen LogP contribution is -2.63. The van der Waals surface area contributed by atoms with Crippen LogP contribution in [0.5, 0.6) is 0 Å². The van der Waals surface area contributed by atoms with Crippen LogP contribution in [-0.4, -0.2) is 25.7 Å². The molecule has 4 saturated carbocycles. The van der Waals surface area contributed by atoms with Gasteiger partial charge in [-0.25, -0.2) is 0 Å². The third kappa shape index (κ3) is 1.07. The van der Waals surface area contributed by atoms with Crippen molar-refractivity contribution >= 4 is 0 Å². The van der Waals surface area contributed by atoms with E-state index in [9.17, 15) is 0 Å². The first kappa shape index (κ1) is 9.10. The molecule has 2 atom stereocenters. The minimum atomic E-state index is 0.0533. The minimum absolute atomic E-state index is 0.0533. The monoisotopic (exact) mass is 219 g/mol. The van der Waals surface area contributed by atoms with Crippen molar-refractivity contribution in [1.29, 1.82) is 0 Å². The Hall–Kier alpha value is -0.970. The molecule has 0 amide bonds. The Bertz CT molecular complexity index is 398. The molecule has 1 heterocycles. The summed E-state index contributed by atoms with van der Waals surface area (Å²) < 4.78 is 0. The molecule has 4 aliphatic carbocycles. The fourth-order valence-electron chi connectivity index (χ4n) is 4.90. The van der Waals surface area contributed by atoms with Crippen molar-refractivity contribution in [3.05, 3.63) is 6.33 Å². The Labute approximate surface area is 94.4 Å². The lowest BCUT2D eigenvalue weighted by molar-refractivity contribution is -0.0708. The summed E-state index contributed by atoms with van der Waals surface area (Å²) in [7, 11) is 0. The van der Waals surface area contributed by atoms with Gasteiger partial charge in [0.2, 0.25) is 0 Å². The van der Waals surface area contributed by atoms with Crippen LogP contribution in [0.1, 0.15) is 38.5 Å². The molecule has 86 valence electrons. The first-order valence-corrected chi connectivity index (χ1v) is 6.20. The molecule has 0 radical (unpaired) electrons. The van der Waals surface area contributed by atoms with Crippen molar-refractivity contribution in [2.45, 2.75) is 49.6 Å². The summed E-state index contributed by atoms with van der Waals surface area (Å²) in [6, 6.07) is 0. The summed E-state index contributed by atoms with van der Waals surface area (Å²) in [6.07, 6.45) is 8.79. The summed E-state index contributed by atoms with van der Waals surface area (Å²) in [4.78, 5) is 1.85. The van der Waals surface area contributed by atoms with Crippen LogP contribution in [0, 0.1) is 11.8 Å². The Kier molecular flexibility index (Phi) is 1.50. The molecular formula is C11H17N5. The molecular weight excluding hydrogens is 202 g/mol. The topological polar surface area (TPSA) is 69.6 Å². The van der Waals surface area contributed by atoms with Gasteiger partial charge < -0.3 is 5.73 Å². The summed E-state index contributed by atoms with van der Waals surface area (Å²) in [5.74, 6) is 1.58. The number of tetrazole rings is 1. The van der Waals surface area contributed by atoms with Crippen molar-refractivity contribution in [2.75, 3.05) is 0 Å². The smallest absolute Gasteiger partial charge is 0.162 e. The molecule has 5 nitrogen and oxygen atoms in total. The number of rotatable bonds is 1. The van der Waals surface area contributed by atoms with Crippen molar-refractivity contribution in [2.24, 2.45) is 17.6 Å². The van der Waals surface area contributed by atoms with Gasteiger partial charge in [0.25, 0.3) is 0 Å². The maximum Gasteiger partial charge on any atom is 0.162 e. The molecule has 0 aliphatic heterocycles. The minimum Gasteiger partial charge on any atom is -0.325 e. The normalized spacial score (nSPS) is 49.8. The molecule has 0 saturated heterocycles. The van der Waals surface area contributed by atoms with E-state index in [0.29, 0.717) is 0 Å². The Morgan fingerprint density at radius 3 is 2.50 bits per heavy atom. The first-order chi connectivity index (χ1) is 7.68. The third-order valence-electron chi connectivity index (χ3n) is 4.85. The van der Waals surface area contributed by atoms with E-state index < -0.39 is 0 Å². The van der Waals surface area contributed by atoms with E-state index in [-0.39, 0.29) is 11.1 Å². The van der Waals surface area contributed by atoms with Gasteiger partial charge in [-0.3, -0.25) is 0 Å². The molecule has 0 unspecified atom stereocenters. The zero-order chi connectivity index (χ0) is 10.8. The van der Waals surface area contributed by atoms with Crippen LogP contribution in [0.3, 0.4) is 0 Å². The van der Waals surface area contributed by atoms with Gasteiger partial charge in [-0.05, 0) is 55.6 Å². The molecule has 2 N–H and O–H groups in total. The fourth-order valence-corrected chi connectivity index (χ4v) is 4.90. The predicted octanol–water partition coefficient (Wildman–Crippen LogP) is 0.680. The van der Waals surface area contributed by atoms with Crippen molar-refractivity contribution in [3.63, 3.8) is 0 Å². The maximum absolute atomic E-state index is 6.52. The molecule has 0 spiro atoms. The van der Waals surface area contributed by atoms with Crippen LogP contribution in [0.25, 0.3) is 0 Å². The first-order valence-electron chi connectivity index (χ1n) is 6.20. The Balaban J connectivity index is 1.80. The lowest BCUT2D eigenvalue weighted by Gasteiger charge is -2.59. The highest BCUT2D eigenvalue weighted by Crippen LogP contribution is 2.59. The molecule has 4 bridgehead atoms. The van der Waals surface area contributed by atoms with Crippen LogP contribution >= 0.6 is 0 Å². The molecule has 4 fully saturated rings. The summed E-state index contributed by atoms with van der Waals surface area (Å²) in [5, 5.41) is 12.3. The number of aromatic nitrogens is 4. The fraction of sp³-hybridized carbons (Fsp3) is 0.909. The highest BCUT2D eigenvalue weighted by Gasteiger charge is 2.58. The van der Waals surface area contributed by atoms with Crippen LogP contribution in [0.2, 0.25) is 0 Å². The molecule has 5 heteroatoms. The molecule has 5 rings (SSSR count). The van der Waals surface area contributed by atoms with Crippen LogP contribution in [0.4, 0.5) is 0 Å². The highest BCUT2D eigenvalue weighted by atomic mass is 15.6. The largest absolute Gasteiger partial charge is 0.325 e. The molecule has 4 aliphatic rings. The van der Waals surface area contributed by atoms with E-state index in [4.69, 9.17) is 5.73 Å². The summed E-state index contributed by atoms with van der Waals surface area (Å²) >= 11 is 0. The third-order valence-corrected chi connectivity index (χ3v) is 4.85. The molecule has 0 aromatic carbocycles. The summed E-state index contributed by atoms with van der Waals surface area (Å²) in [6.45, 7) is 0. The Morgan fingerprint density at radius 2 is 1.94 bits per heavy atom. The van der Waals surface area contributed by atoms with Gasteiger partial charge >= 0.3 is 0 Å². The highest BCUT2D eigenvalue weighted by molar-refractivity contribution is 5.11. The van der Waals surface area contributed by atoms with Gasteiger partial charge in [0.05, 0.1) is 5.54 Å². The van der Waals surface area contributed by atoms with Gasteiger partial charge in [0, 0.05) is 5.54 Å². The molecule has 16 heavy (non-hydrogen) atoms. The SMILES string of the molecule is NC12C[C@@H]3C[C@@H](C1)CC(n1ncnn1)(C3)C2. The van der Waals surface area contributed by atoms with Crippen LogP contribution in [-0.2, 0) is 5.54 Å². The van der Waals surface area contributed by atoms with Crippen molar-refractivity contribution in [3.8, 4) is 0 Å².